The lowest BCUT2D eigenvalue weighted by Gasteiger charge is -2.07. The highest BCUT2D eigenvalue weighted by atomic mass is 19.1. The first-order valence-electron chi connectivity index (χ1n) is 6.74. The number of aromatic amines is 1. The Kier molecular flexibility index (Phi) is 3.83. The lowest BCUT2D eigenvalue weighted by molar-refractivity contribution is -0.382. The highest BCUT2D eigenvalue weighted by Crippen LogP contribution is 2.23. The first kappa shape index (κ1) is 15.4. The lowest BCUT2D eigenvalue weighted by atomic mass is 10.3. The molecule has 0 saturated carbocycles. The number of nitrogens with two attached hydrogens (primary N) is 1. The molecule has 2 heterocycles. The van der Waals surface area contributed by atoms with Gasteiger partial charge in [0, 0.05) is 11.8 Å². The quantitative estimate of drug-likeness (QED) is 0.399. The molecule has 1 aromatic carbocycles. The molecule has 0 aliphatic rings. The van der Waals surface area contributed by atoms with Gasteiger partial charge in [0.1, 0.15) is 5.82 Å². The van der Waals surface area contributed by atoms with Crippen molar-refractivity contribution in [3.63, 3.8) is 0 Å². The van der Waals surface area contributed by atoms with E-state index in [1.807, 2.05) is 0 Å². The van der Waals surface area contributed by atoms with Crippen LogP contribution >= 0.6 is 0 Å². The van der Waals surface area contributed by atoms with E-state index in [1.165, 1.54) is 30.3 Å². The van der Waals surface area contributed by atoms with Crippen LogP contribution in [-0.2, 0) is 6.54 Å². The minimum absolute atomic E-state index is 0.103. The monoisotopic (exact) mass is 333 g/mol. The number of nitrogens with one attached hydrogen (secondary N) is 3. The van der Waals surface area contributed by atoms with Gasteiger partial charge in [0.2, 0.25) is 5.65 Å². The zero-order chi connectivity index (χ0) is 17.3. The predicted molar refractivity (Wildman–Crippen MR) is 83.7 cm³/mol. The Labute approximate surface area is 133 Å². The molecule has 3 aromatic rings. The number of anilines is 2. The van der Waals surface area contributed by atoms with Crippen LogP contribution in [0.3, 0.4) is 0 Å². The molecule has 5 N–H and O–H groups in total. The maximum atomic E-state index is 12.8. The number of fused-ring (bicyclic) bond motifs is 1. The highest BCUT2D eigenvalue weighted by Gasteiger charge is 2.23. The van der Waals surface area contributed by atoms with Gasteiger partial charge < -0.3 is 11.2 Å². The van der Waals surface area contributed by atoms with Gasteiger partial charge in [-0.15, -0.1) is 0 Å². The summed E-state index contributed by atoms with van der Waals surface area (Å²) in [6.07, 6.45) is 0. The smallest absolute Gasteiger partial charge is 0.354 e. The summed E-state index contributed by atoms with van der Waals surface area (Å²) in [7, 11) is 0. The molecule has 0 amide bonds. The molecular formula is C13H12FN7O3. The van der Waals surface area contributed by atoms with Gasteiger partial charge in [-0.3, -0.25) is 20.0 Å². The average Bonchev–Trinajstić information content (AvgIpc) is 2.86. The molecule has 3 rings (SSSR count). The molecule has 0 aliphatic heterocycles. The number of hydrogen-bond donors (Lipinski definition) is 4. The SMILES string of the molecule is Nc1[nH]n2c(=O)cc(CNNc3ccc(F)cc3)nc2c1[N+](=O)[O-]. The summed E-state index contributed by atoms with van der Waals surface area (Å²) in [6.45, 7) is 0.103. The minimum Gasteiger partial charge on any atom is -0.378 e. The largest absolute Gasteiger partial charge is 0.378 e. The lowest BCUT2D eigenvalue weighted by Crippen LogP contribution is -2.24. The highest BCUT2D eigenvalue weighted by molar-refractivity contribution is 5.71. The molecule has 0 radical (unpaired) electrons. The van der Waals surface area contributed by atoms with Gasteiger partial charge in [0.15, 0.2) is 5.82 Å². The van der Waals surface area contributed by atoms with Crippen molar-refractivity contribution >= 4 is 22.8 Å². The molecule has 2 aromatic heterocycles. The Hall–Kier alpha value is -3.47. The Bertz CT molecular complexity index is 964. The second-order valence-electron chi connectivity index (χ2n) is 4.86. The molecule has 0 fully saturated rings. The normalized spacial score (nSPS) is 10.9. The van der Waals surface area contributed by atoms with E-state index in [1.54, 1.807) is 0 Å². The fourth-order valence-electron chi connectivity index (χ4n) is 2.13. The Balaban J connectivity index is 1.82. The number of aromatic nitrogens is 3. The number of hydrogen-bond acceptors (Lipinski definition) is 7. The summed E-state index contributed by atoms with van der Waals surface area (Å²) in [4.78, 5) is 26.4. The van der Waals surface area contributed by atoms with Crippen molar-refractivity contribution in [2.45, 2.75) is 6.54 Å². The Morgan fingerprint density at radius 3 is 2.75 bits per heavy atom. The van der Waals surface area contributed by atoms with Crippen molar-refractivity contribution in [3.8, 4) is 0 Å². The van der Waals surface area contributed by atoms with E-state index in [2.05, 4.69) is 20.9 Å². The van der Waals surface area contributed by atoms with Crippen LogP contribution in [0, 0.1) is 15.9 Å². The summed E-state index contributed by atoms with van der Waals surface area (Å²) in [6, 6.07) is 6.82. The van der Waals surface area contributed by atoms with Crippen LogP contribution in [0.5, 0.6) is 0 Å². The number of benzene rings is 1. The predicted octanol–water partition coefficient (Wildman–Crippen LogP) is 0.769. The van der Waals surface area contributed by atoms with Gasteiger partial charge >= 0.3 is 5.69 Å². The van der Waals surface area contributed by atoms with Crippen molar-refractivity contribution in [1.29, 1.82) is 0 Å². The average molecular weight is 333 g/mol. The van der Waals surface area contributed by atoms with E-state index in [9.17, 15) is 19.3 Å². The van der Waals surface area contributed by atoms with E-state index in [4.69, 9.17) is 5.73 Å². The molecule has 124 valence electrons. The third-order valence-corrected chi connectivity index (χ3v) is 3.20. The maximum absolute atomic E-state index is 12.8. The number of nitrogens with zero attached hydrogens (tertiary/aromatic N) is 3. The summed E-state index contributed by atoms with van der Waals surface area (Å²) >= 11 is 0. The van der Waals surface area contributed by atoms with Crippen molar-refractivity contribution in [1.82, 2.24) is 20.0 Å². The molecule has 0 atom stereocenters. The van der Waals surface area contributed by atoms with Crippen LogP contribution in [0.4, 0.5) is 21.6 Å². The van der Waals surface area contributed by atoms with Crippen molar-refractivity contribution in [2.24, 2.45) is 0 Å². The number of hydrazine groups is 1. The van der Waals surface area contributed by atoms with E-state index in [0.29, 0.717) is 5.69 Å². The summed E-state index contributed by atoms with van der Waals surface area (Å²) in [5.41, 5.74) is 10.8. The second-order valence-corrected chi connectivity index (χ2v) is 4.86. The Morgan fingerprint density at radius 2 is 2.08 bits per heavy atom. The molecule has 0 aliphatic carbocycles. The molecular weight excluding hydrogens is 321 g/mol. The third-order valence-electron chi connectivity index (χ3n) is 3.20. The number of H-pyrrole nitrogens is 1. The molecule has 0 unspecified atom stereocenters. The fraction of sp³-hybridized carbons (Fsp3) is 0.0769. The number of nitro groups is 1. The molecule has 0 spiro atoms. The van der Waals surface area contributed by atoms with E-state index in [-0.39, 0.29) is 29.5 Å². The topological polar surface area (TPSA) is 143 Å². The molecule has 0 bridgehead atoms. The van der Waals surface area contributed by atoms with Gasteiger partial charge in [-0.1, -0.05) is 0 Å². The van der Waals surface area contributed by atoms with Gasteiger partial charge in [-0.05, 0) is 24.3 Å². The standard InChI is InChI=1S/C13H12FN7O3/c14-7-1-3-8(4-2-7)18-16-6-9-5-10(22)20-13(17-9)11(21(23)24)12(15)19-20/h1-5,16,18-19H,6,15H2. The number of rotatable bonds is 5. The van der Waals surface area contributed by atoms with Crippen LogP contribution in [0.25, 0.3) is 5.65 Å². The fourth-order valence-corrected chi connectivity index (χ4v) is 2.13. The van der Waals surface area contributed by atoms with Crippen LogP contribution in [0.1, 0.15) is 5.69 Å². The Morgan fingerprint density at radius 1 is 1.38 bits per heavy atom. The van der Waals surface area contributed by atoms with Crippen molar-refractivity contribution in [2.75, 3.05) is 11.2 Å². The zero-order valence-corrected chi connectivity index (χ0v) is 12.1. The molecule has 24 heavy (non-hydrogen) atoms. The summed E-state index contributed by atoms with van der Waals surface area (Å²) < 4.78 is 13.7. The van der Waals surface area contributed by atoms with Gasteiger partial charge in [0.25, 0.3) is 5.56 Å². The zero-order valence-electron chi connectivity index (χ0n) is 12.1. The number of nitrogen functional groups attached to an aromatic ring is 1. The van der Waals surface area contributed by atoms with Crippen LogP contribution < -0.4 is 22.1 Å². The maximum Gasteiger partial charge on any atom is 0.354 e. The first-order valence-corrected chi connectivity index (χ1v) is 6.74. The van der Waals surface area contributed by atoms with Crippen LogP contribution in [0.15, 0.2) is 35.1 Å². The minimum atomic E-state index is -0.707. The molecule has 11 heteroatoms. The van der Waals surface area contributed by atoms with Gasteiger partial charge in [-0.25, -0.2) is 14.8 Å². The van der Waals surface area contributed by atoms with Gasteiger partial charge in [-0.2, -0.15) is 4.52 Å². The number of halogens is 1. The van der Waals surface area contributed by atoms with E-state index in [0.717, 1.165) is 4.52 Å². The summed E-state index contributed by atoms with van der Waals surface area (Å²) in [5.74, 6) is -0.614. The van der Waals surface area contributed by atoms with Crippen LogP contribution in [0.2, 0.25) is 0 Å². The van der Waals surface area contributed by atoms with E-state index >= 15 is 0 Å². The first-order chi connectivity index (χ1) is 11.5. The van der Waals surface area contributed by atoms with E-state index < -0.39 is 16.2 Å². The second kappa shape index (κ2) is 5.96. The summed E-state index contributed by atoms with van der Waals surface area (Å²) in [5, 5.41) is 13.4. The third kappa shape index (κ3) is 2.87. The van der Waals surface area contributed by atoms with Crippen molar-refractivity contribution in [3.05, 3.63) is 62.3 Å². The van der Waals surface area contributed by atoms with Crippen molar-refractivity contribution < 1.29 is 9.31 Å². The molecule has 10 nitrogen and oxygen atoms in total. The molecule has 0 saturated heterocycles. The van der Waals surface area contributed by atoms with Crippen LogP contribution in [-0.4, -0.2) is 19.5 Å². The van der Waals surface area contributed by atoms with Gasteiger partial charge in [0.05, 0.1) is 17.2 Å².